The number of nitrogens with zero attached hydrogens (tertiary/aromatic N) is 2. The van der Waals surface area contributed by atoms with Gasteiger partial charge in [-0.2, -0.15) is 0 Å². The molecule has 220 valence electrons. The number of benzene rings is 3. The number of halogens is 1. The van der Waals surface area contributed by atoms with Crippen molar-refractivity contribution in [3.8, 4) is 5.75 Å². The molecule has 0 aliphatic carbocycles. The Hall–Kier alpha value is -3.92. The van der Waals surface area contributed by atoms with Gasteiger partial charge in [-0.15, -0.1) is 0 Å². The lowest BCUT2D eigenvalue weighted by Gasteiger charge is -2.32. The number of sulfonamides is 1. The third-order valence-corrected chi connectivity index (χ3v) is 8.37. The van der Waals surface area contributed by atoms with E-state index in [1.54, 1.807) is 6.92 Å². The fraction of sp³-hybridized carbons (Fsp3) is 0.355. The maximum Gasteiger partial charge on any atom is 0.264 e. The van der Waals surface area contributed by atoms with Gasteiger partial charge < -0.3 is 15.0 Å². The molecular weight excluding hydrogens is 545 g/mol. The zero-order valence-electron chi connectivity index (χ0n) is 24.0. The van der Waals surface area contributed by atoms with E-state index in [1.165, 1.54) is 41.3 Å². The molecule has 0 aromatic heterocycles. The number of carbonyl (C=O) groups excluding carboxylic acids is 2. The fourth-order valence-corrected chi connectivity index (χ4v) is 5.56. The predicted molar refractivity (Wildman–Crippen MR) is 158 cm³/mol. The molecule has 1 atom stereocenters. The number of rotatable bonds is 14. The highest BCUT2D eigenvalue weighted by atomic mass is 32.2. The first-order valence-electron chi connectivity index (χ1n) is 13.7. The van der Waals surface area contributed by atoms with Gasteiger partial charge >= 0.3 is 0 Å². The zero-order chi connectivity index (χ0) is 30.0. The lowest BCUT2D eigenvalue weighted by Crippen LogP contribution is -2.51. The highest BCUT2D eigenvalue weighted by Crippen LogP contribution is 2.26. The normalized spacial score (nSPS) is 11.9. The van der Waals surface area contributed by atoms with Crippen molar-refractivity contribution in [1.82, 2.24) is 10.2 Å². The van der Waals surface area contributed by atoms with Crippen LogP contribution in [0.1, 0.15) is 44.7 Å². The van der Waals surface area contributed by atoms with E-state index in [4.69, 9.17) is 4.74 Å². The van der Waals surface area contributed by atoms with E-state index < -0.39 is 34.3 Å². The second-order valence-electron chi connectivity index (χ2n) is 9.72. The molecule has 3 rings (SSSR count). The highest BCUT2D eigenvalue weighted by Gasteiger charge is 2.32. The predicted octanol–water partition coefficient (Wildman–Crippen LogP) is 5.06. The lowest BCUT2D eigenvalue weighted by molar-refractivity contribution is -0.139. The van der Waals surface area contributed by atoms with Gasteiger partial charge in [0.15, 0.2) is 0 Å². The monoisotopic (exact) mass is 583 g/mol. The molecule has 2 amide bonds. The fourth-order valence-electron chi connectivity index (χ4n) is 4.15. The van der Waals surface area contributed by atoms with Crippen LogP contribution in [0, 0.1) is 12.7 Å². The van der Waals surface area contributed by atoms with Crippen molar-refractivity contribution in [2.75, 3.05) is 24.0 Å². The smallest absolute Gasteiger partial charge is 0.264 e. The van der Waals surface area contributed by atoms with Crippen LogP contribution in [0.5, 0.6) is 5.75 Å². The number of amides is 2. The van der Waals surface area contributed by atoms with E-state index in [9.17, 15) is 22.4 Å². The maximum atomic E-state index is 13.9. The van der Waals surface area contributed by atoms with E-state index in [0.717, 1.165) is 40.4 Å². The number of hydrogen-bond acceptors (Lipinski definition) is 5. The zero-order valence-corrected chi connectivity index (χ0v) is 24.8. The molecule has 0 heterocycles. The molecule has 0 saturated carbocycles. The van der Waals surface area contributed by atoms with Gasteiger partial charge in [0.2, 0.25) is 11.8 Å². The number of carbonyl (C=O) groups is 2. The molecule has 1 N–H and O–H groups in total. The van der Waals surface area contributed by atoms with Crippen molar-refractivity contribution in [3.63, 3.8) is 0 Å². The standard InChI is InChI=1S/C31H38FN3O5S/c1-5-7-20-33-31(37)24(4)34(21-25-10-8-23(3)9-11-25)30(36)22-35(27-14-12-26(32)13-15-27)41(38,39)29-18-16-28(17-19-29)40-6-2/h8-19,24H,5-7,20-22H2,1-4H3,(H,33,37)/t24-/m0/s1. The van der Waals surface area contributed by atoms with Crippen LogP contribution in [0.25, 0.3) is 0 Å². The lowest BCUT2D eigenvalue weighted by atomic mass is 10.1. The van der Waals surface area contributed by atoms with Crippen LogP contribution in [0.15, 0.2) is 77.7 Å². The number of nitrogens with one attached hydrogen (secondary N) is 1. The van der Waals surface area contributed by atoms with Crippen LogP contribution in [0.2, 0.25) is 0 Å². The first-order chi connectivity index (χ1) is 19.6. The molecule has 8 nitrogen and oxygen atoms in total. The Labute approximate surface area is 242 Å². The molecule has 0 unspecified atom stereocenters. The number of anilines is 1. The first kappa shape index (κ1) is 31.6. The van der Waals surface area contributed by atoms with Crippen molar-refractivity contribution in [2.45, 2.75) is 58.0 Å². The summed E-state index contributed by atoms with van der Waals surface area (Å²) in [4.78, 5) is 28.2. The summed E-state index contributed by atoms with van der Waals surface area (Å²) in [6.45, 7) is 7.79. The summed E-state index contributed by atoms with van der Waals surface area (Å²) in [5, 5.41) is 2.86. The van der Waals surface area contributed by atoms with Crippen molar-refractivity contribution >= 4 is 27.5 Å². The Morgan fingerprint density at radius 1 is 0.951 bits per heavy atom. The van der Waals surface area contributed by atoms with Crippen LogP contribution >= 0.6 is 0 Å². The van der Waals surface area contributed by atoms with Crippen LogP contribution in [0.3, 0.4) is 0 Å². The van der Waals surface area contributed by atoms with Crippen LogP contribution in [0.4, 0.5) is 10.1 Å². The van der Waals surface area contributed by atoms with Gasteiger partial charge in [0.1, 0.15) is 24.2 Å². The third kappa shape index (κ3) is 8.53. The van der Waals surface area contributed by atoms with Gasteiger partial charge in [-0.1, -0.05) is 43.2 Å². The van der Waals surface area contributed by atoms with E-state index >= 15 is 0 Å². The minimum Gasteiger partial charge on any atom is -0.494 e. The Bertz CT molecular complexity index is 1400. The van der Waals surface area contributed by atoms with Crippen LogP contribution in [-0.4, -0.2) is 50.9 Å². The largest absolute Gasteiger partial charge is 0.494 e. The molecule has 0 fully saturated rings. The van der Waals surface area contributed by atoms with Gasteiger partial charge in [-0.25, -0.2) is 12.8 Å². The molecule has 0 bridgehead atoms. The third-order valence-electron chi connectivity index (χ3n) is 6.59. The second kappa shape index (κ2) is 14.6. The van der Waals surface area contributed by atoms with Crippen molar-refractivity contribution < 1.29 is 27.1 Å². The van der Waals surface area contributed by atoms with E-state index in [-0.39, 0.29) is 23.0 Å². The first-order valence-corrected chi connectivity index (χ1v) is 15.1. The van der Waals surface area contributed by atoms with E-state index in [1.807, 2.05) is 45.0 Å². The van der Waals surface area contributed by atoms with Gasteiger partial charge in [-0.05, 0) is 81.3 Å². The molecule has 41 heavy (non-hydrogen) atoms. The Balaban J connectivity index is 1.98. The minimum absolute atomic E-state index is 0.0616. The summed E-state index contributed by atoms with van der Waals surface area (Å²) in [6.07, 6.45) is 1.69. The van der Waals surface area contributed by atoms with E-state index in [0.29, 0.717) is 18.9 Å². The van der Waals surface area contributed by atoms with Crippen LogP contribution in [-0.2, 0) is 26.2 Å². The molecule has 10 heteroatoms. The molecule has 0 spiro atoms. The molecule has 3 aromatic rings. The summed E-state index contributed by atoms with van der Waals surface area (Å²) < 4.78 is 47.9. The summed E-state index contributed by atoms with van der Waals surface area (Å²) in [6, 6.07) is 17.4. The van der Waals surface area contributed by atoms with Gasteiger partial charge in [0.25, 0.3) is 10.0 Å². The summed E-state index contributed by atoms with van der Waals surface area (Å²) in [5.74, 6) is -0.955. The topological polar surface area (TPSA) is 96.0 Å². The van der Waals surface area contributed by atoms with Crippen molar-refractivity contribution in [2.24, 2.45) is 0 Å². The molecule has 0 radical (unpaired) electrons. The minimum atomic E-state index is -4.26. The quantitative estimate of drug-likeness (QED) is 0.268. The van der Waals surface area contributed by atoms with Crippen LogP contribution < -0.4 is 14.4 Å². The maximum absolute atomic E-state index is 13.9. The van der Waals surface area contributed by atoms with Gasteiger partial charge in [0, 0.05) is 13.1 Å². The van der Waals surface area contributed by atoms with Gasteiger partial charge in [-0.3, -0.25) is 13.9 Å². The average molecular weight is 584 g/mol. The second-order valence-corrected chi connectivity index (χ2v) is 11.6. The molecule has 0 saturated heterocycles. The SMILES string of the molecule is CCCCNC(=O)[C@H](C)N(Cc1ccc(C)cc1)C(=O)CN(c1ccc(F)cc1)S(=O)(=O)c1ccc(OCC)cc1. The summed E-state index contributed by atoms with van der Waals surface area (Å²) >= 11 is 0. The summed E-state index contributed by atoms with van der Waals surface area (Å²) in [5.41, 5.74) is 1.95. The average Bonchev–Trinajstić information content (AvgIpc) is 2.96. The number of ether oxygens (including phenoxy) is 1. The number of aryl methyl sites for hydroxylation is 1. The number of unbranched alkanes of at least 4 members (excludes halogenated alkanes) is 1. The van der Waals surface area contributed by atoms with Crippen molar-refractivity contribution in [1.29, 1.82) is 0 Å². The molecular formula is C31H38FN3O5S. The number of hydrogen-bond donors (Lipinski definition) is 1. The Kier molecular flexibility index (Phi) is 11.3. The van der Waals surface area contributed by atoms with Crippen molar-refractivity contribution in [3.05, 3.63) is 89.7 Å². The molecule has 0 aliphatic rings. The molecule has 0 aliphatic heterocycles. The van der Waals surface area contributed by atoms with E-state index in [2.05, 4.69) is 5.32 Å². The Morgan fingerprint density at radius 3 is 2.17 bits per heavy atom. The Morgan fingerprint density at radius 2 is 1.59 bits per heavy atom. The summed E-state index contributed by atoms with van der Waals surface area (Å²) in [7, 11) is -4.26. The highest BCUT2D eigenvalue weighted by molar-refractivity contribution is 7.92. The van der Waals surface area contributed by atoms with Gasteiger partial charge in [0.05, 0.1) is 17.2 Å². The molecule has 3 aromatic carbocycles.